The fourth-order valence-electron chi connectivity index (χ4n) is 2.29. The first-order valence-electron chi connectivity index (χ1n) is 6.17. The first-order valence-corrected chi connectivity index (χ1v) is 7.76. The quantitative estimate of drug-likeness (QED) is 0.778. The summed E-state index contributed by atoms with van der Waals surface area (Å²) in [6.45, 7) is 2.02. The van der Waals surface area contributed by atoms with Crippen molar-refractivity contribution in [1.82, 2.24) is 0 Å². The van der Waals surface area contributed by atoms with Crippen molar-refractivity contribution in [1.29, 1.82) is 0 Å². The molecule has 1 unspecified atom stereocenters. The monoisotopic (exact) mass is 394 g/mol. The van der Waals surface area contributed by atoms with Gasteiger partial charge in [-0.25, -0.2) is 0 Å². The van der Waals surface area contributed by atoms with E-state index in [0.29, 0.717) is 0 Å². The average Bonchev–Trinajstić information content (AvgIpc) is 2.70. The maximum atomic E-state index is 12.1. The second kappa shape index (κ2) is 5.22. The molecular weight excluding hydrogens is 384 g/mol. The van der Waals surface area contributed by atoms with E-state index < -0.39 is 0 Å². The minimum absolute atomic E-state index is 0.0301. The van der Waals surface area contributed by atoms with Crippen molar-refractivity contribution in [2.24, 2.45) is 0 Å². The molecule has 0 saturated carbocycles. The summed E-state index contributed by atoms with van der Waals surface area (Å²) in [5.74, 6) is -0.0301. The Bertz CT molecular complexity index is 700. The fraction of sp³-hybridized carbons (Fsp3) is 0.133. The number of fused-ring (bicyclic) bond motifs is 1. The number of rotatable bonds is 2. The highest BCUT2D eigenvalue weighted by Gasteiger charge is 2.30. The Labute approximate surface area is 134 Å². The van der Waals surface area contributed by atoms with Crippen molar-refractivity contribution >= 4 is 49.1 Å². The fourth-order valence-corrected chi connectivity index (χ4v) is 3.01. The van der Waals surface area contributed by atoms with Gasteiger partial charge in [0.15, 0.2) is 0 Å². The predicted octanol–water partition coefficient (Wildman–Crippen LogP) is 4.63. The zero-order chi connectivity index (χ0) is 14.3. The maximum Gasteiger partial charge on any atom is 0.251 e. The topological polar surface area (TPSA) is 41.1 Å². The first-order chi connectivity index (χ1) is 9.54. The van der Waals surface area contributed by atoms with Crippen molar-refractivity contribution in [2.75, 3.05) is 10.6 Å². The lowest BCUT2D eigenvalue weighted by Crippen LogP contribution is -2.19. The smallest absolute Gasteiger partial charge is 0.251 e. The Morgan fingerprint density at radius 2 is 1.95 bits per heavy atom. The number of benzene rings is 2. The Morgan fingerprint density at radius 1 is 1.15 bits per heavy atom. The van der Waals surface area contributed by atoms with E-state index in [1.807, 2.05) is 43.3 Å². The molecule has 0 saturated heterocycles. The minimum Gasteiger partial charge on any atom is -0.369 e. The third-order valence-corrected chi connectivity index (χ3v) is 4.45. The van der Waals surface area contributed by atoms with Gasteiger partial charge in [0, 0.05) is 20.2 Å². The van der Waals surface area contributed by atoms with E-state index >= 15 is 0 Å². The molecule has 0 spiro atoms. The summed E-state index contributed by atoms with van der Waals surface area (Å²) < 4.78 is 1.89. The first kappa shape index (κ1) is 13.6. The molecule has 3 rings (SSSR count). The van der Waals surface area contributed by atoms with E-state index in [1.165, 1.54) is 0 Å². The standard InChI is InChI=1S/C15H12Br2N2O/c1-8-2-5-12-10(6-8)14(15(20)19-12)18-13-7-9(16)3-4-11(13)17/h2-7,14,18H,1H3,(H,19,20). The van der Waals surface area contributed by atoms with Crippen LogP contribution in [0.5, 0.6) is 0 Å². The maximum absolute atomic E-state index is 12.1. The summed E-state index contributed by atoms with van der Waals surface area (Å²) in [5, 5.41) is 6.19. The van der Waals surface area contributed by atoms with Crippen LogP contribution in [0, 0.1) is 6.92 Å². The van der Waals surface area contributed by atoms with Gasteiger partial charge in [-0.2, -0.15) is 0 Å². The van der Waals surface area contributed by atoms with Crippen LogP contribution in [-0.4, -0.2) is 5.91 Å². The van der Waals surface area contributed by atoms with Crippen LogP contribution in [0.25, 0.3) is 0 Å². The minimum atomic E-state index is -0.365. The molecule has 0 radical (unpaired) electrons. The third kappa shape index (κ3) is 2.47. The van der Waals surface area contributed by atoms with Gasteiger partial charge in [-0.3, -0.25) is 4.79 Å². The van der Waals surface area contributed by atoms with Gasteiger partial charge in [0.2, 0.25) is 0 Å². The number of anilines is 2. The molecule has 3 nitrogen and oxygen atoms in total. The number of hydrogen-bond acceptors (Lipinski definition) is 2. The molecule has 1 amide bonds. The largest absolute Gasteiger partial charge is 0.369 e. The summed E-state index contributed by atoms with van der Waals surface area (Å²) in [7, 11) is 0. The Kier molecular flexibility index (Phi) is 3.56. The Hall–Kier alpha value is -1.33. The normalized spacial score (nSPS) is 16.8. The van der Waals surface area contributed by atoms with E-state index in [1.54, 1.807) is 0 Å². The third-order valence-electron chi connectivity index (χ3n) is 3.27. The summed E-state index contributed by atoms with van der Waals surface area (Å²) in [6, 6.07) is 11.5. The van der Waals surface area contributed by atoms with E-state index in [0.717, 1.165) is 31.4 Å². The molecule has 1 atom stereocenters. The van der Waals surface area contributed by atoms with Crippen molar-refractivity contribution in [2.45, 2.75) is 13.0 Å². The van der Waals surface area contributed by atoms with E-state index in [-0.39, 0.29) is 11.9 Å². The molecule has 2 aromatic rings. The molecule has 0 aliphatic carbocycles. The van der Waals surface area contributed by atoms with Crippen molar-refractivity contribution in [3.8, 4) is 0 Å². The van der Waals surface area contributed by atoms with Crippen LogP contribution in [0.3, 0.4) is 0 Å². The highest BCUT2D eigenvalue weighted by Crippen LogP contribution is 2.36. The molecule has 0 fully saturated rings. The molecule has 1 aliphatic rings. The van der Waals surface area contributed by atoms with Crippen LogP contribution in [0.4, 0.5) is 11.4 Å². The highest BCUT2D eigenvalue weighted by atomic mass is 79.9. The molecule has 2 N–H and O–H groups in total. The van der Waals surface area contributed by atoms with Gasteiger partial charge in [0.1, 0.15) is 6.04 Å². The van der Waals surface area contributed by atoms with E-state index in [4.69, 9.17) is 0 Å². The van der Waals surface area contributed by atoms with Crippen LogP contribution in [-0.2, 0) is 4.79 Å². The number of hydrogen-bond donors (Lipinski definition) is 2. The lowest BCUT2D eigenvalue weighted by Gasteiger charge is -2.15. The zero-order valence-corrected chi connectivity index (χ0v) is 13.9. The molecule has 1 heterocycles. The molecular formula is C15H12Br2N2O. The van der Waals surface area contributed by atoms with Gasteiger partial charge in [0.05, 0.1) is 5.69 Å². The summed E-state index contributed by atoms with van der Waals surface area (Å²) in [5.41, 5.74) is 3.89. The summed E-state index contributed by atoms with van der Waals surface area (Å²) in [6.07, 6.45) is 0. The number of carbonyl (C=O) groups is 1. The van der Waals surface area contributed by atoms with Gasteiger partial charge in [0.25, 0.3) is 5.91 Å². The number of aryl methyl sites for hydroxylation is 1. The van der Waals surface area contributed by atoms with E-state index in [9.17, 15) is 4.79 Å². The van der Waals surface area contributed by atoms with Crippen LogP contribution in [0.2, 0.25) is 0 Å². The van der Waals surface area contributed by atoms with Gasteiger partial charge in [-0.15, -0.1) is 0 Å². The molecule has 102 valence electrons. The number of carbonyl (C=O) groups excluding carboxylic acids is 1. The van der Waals surface area contributed by atoms with E-state index in [2.05, 4.69) is 42.5 Å². The highest BCUT2D eigenvalue weighted by molar-refractivity contribution is 9.11. The van der Waals surface area contributed by atoms with Gasteiger partial charge < -0.3 is 10.6 Å². The lowest BCUT2D eigenvalue weighted by atomic mass is 10.1. The number of halogens is 2. The number of nitrogens with one attached hydrogen (secondary N) is 2. The second-order valence-corrected chi connectivity index (χ2v) is 6.55. The van der Waals surface area contributed by atoms with Crippen LogP contribution >= 0.6 is 31.9 Å². The van der Waals surface area contributed by atoms with Crippen molar-refractivity contribution < 1.29 is 4.79 Å². The summed E-state index contributed by atoms with van der Waals surface area (Å²) in [4.78, 5) is 12.1. The zero-order valence-electron chi connectivity index (χ0n) is 10.7. The molecule has 20 heavy (non-hydrogen) atoms. The molecule has 2 aromatic carbocycles. The Balaban J connectivity index is 1.97. The average molecular weight is 396 g/mol. The van der Waals surface area contributed by atoms with Crippen molar-refractivity contribution in [3.63, 3.8) is 0 Å². The molecule has 5 heteroatoms. The Morgan fingerprint density at radius 3 is 2.75 bits per heavy atom. The second-order valence-electron chi connectivity index (χ2n) is 4.78. The SMILES string of the molecule is Cc1ccc2c(c1)C(Nc1cc(Br)ccc1Br)C(=O)N2. The predicted molar refractivity (Wildman–Crippen MR) is 88.0 cm³/mol. The molecule has 0 aromatic heterocycles. The van der Waals surface area contributed by atoms with Crippen molar-refractivity contribution in [3.05, 3.63) is 56.5 Å². The van der Waals surface area contributed by atoms with Crippen LogP contribution in [0.15, 0.2) is 45.3 Å². The van der Waals surface area contributed by atoms with Gasteiger partial charge in [-0.1, -0.05) is 33.6 Å². The molecule has 1 aliphatic heterocycles. The van der Waals surface area contributed by atoms with Crippen LogP contribution in [0.1, 0.15) is 17.2 Å². The van der Waals surface area contributed by atoms with Gasteiger partial charge >= 0.3 is 0 Å². The van der Waals surface area contributed by atoms with Gasteiger partial charge in [-0.05, 0) is 47.1 Å². The van der Waals surface area contributed by atoms with Crippen LogP contribution < -0.4 is 10.6 Å². The summed E-state index contributed by atoms with van der Waals surface area (Å²) >= 11 is 6.94. The lowest BCUT2D eigenvalue weighted by molar-refractivity contribution is -0.116. The number of amides is 1. The molecule has 0 bridgehead atoms.